The van der Waals surface area contributed by atoms with Gasteiger partial charge in [0.05, 0.1) is 0 Å². The Kier molecular flexibility index (Phi) is 3.63. The van der Waals surface area contributed by atoms with Crippen LogP contribution in [0.25, 0.3) is 0 Å². The number of rotatable bonds is 3. The molecule has 0 bridgehead atoms. The van der Waals surface area contributed by atoms with Crippen LogP contribution >= 0.6 is 27.5 Å². The standard InChI is InChI=1S/C10H8BrN3OS/c11-5-7-2-1-3-8(4-7)12-10(15)9-6-16-14-13-9/h1-4,6H,5H2,(H,12,15). The van der Waals surface area contributed by atoms with Gasteiger partial charge < -0.3 is 5.32 Å². The largest absolute Gasteiger partial charge is 0.321 e. The summed E-state index contributed by atoms with van der Waals surface area (Å²) in [6.45, 7) is 0. The quantitative estimate of drug-likeness (QED) is 0.886. The minimum Gasteiger partial charge on any atom is -0.321 e. The molecule has 1 heterocycles. The zero-order valence-corrected chi connectivity index (χ0v) is 10.6. The number of alkyl halides is 1. The van der Waals surface area contributed by atoms with E-state index in [2.05, 4.69) is 30.8 Å². The molecule has 1 N–H and O–H groups in total. The molecule has 1 aromatic heterocycles. The van der Waals surface area contributed by atoms with E-state index >= 15 is 0 Å². The van der Waals surface area contributed by atoms with Crippen LogP contribution in [0, 0.1) is 0 Å². The zero-order chi connectivity index (χ0) is 11.4. The maximum atomic E-state index is 11.7. The maximum Gasteiger partial charge on any atom is 0.277 e. The highest BCUT2D eigenvalue weighted by Gasteiger charge is 2.08. The van der Waals surface area contributed by atoms with Crippen molar-refractivity contribution in [1.29, 1.82) is 0 Å². The number of nitrogens with zero attached hydrogens (tertiary/aromatic N) is 2. The first-order chi connectivity index (χ1) is 7.79. The molecule has 0 fully saturated rings. The van der Waals surface area contributed by atoms with Gasteiger partial charge in [0.15, 0.2) is 5.69 Å². The van der Waals surface area contributed by atoms with Gasteiger partial charge in [0, 0.05) is 16.4 Å². The van der Waals surface area contributed by atoms with Gasteiger partial charge in [0.2, 0.25) is 0 Å². The lowest BCUT2D eigenvalue weighted by molar-refractivity contribution is 0.102. The molecule has 1 amide bonds. The Morgan fingerprint density at radius 2 is 2.38 bits per heavy atom. The van der Waals surface area contributed by atoms with E-state index in [1.54, 1.807) is 5.38 Å². The van der Waals surface area contributed by atoms with Gasteiger partial charge >= 0.3 is 0 Å². The van der Waals surface area contributed by atoms with Crippen LogP contribution in [-0.4, -0.2) is 15.5 Å². The van der Waals surface area contributed by atoms with E-state index in [4.69, 9.17) is 0 Å². The van der Waals surface area contributed by atoms with Gasteiger partial charge in [-0.2, -0.15) is 0 Å². The van der Waals surface area contributed by atoms with Gasteiger partial charge in [-0.1, -0.05) is 32.6 Å². The highest BCUT2D eigenvalue weighted by atomic mass is 79.9. The van der Waals surface area contributed by atoms with Crippen molar-refractivity contribution in [2.24, 2.45) is 0 Å². The number of anilines is 1. The number of hydrogen-bond acceptors (Lipinski definition) is 4. The van der Waals surface area contributed by atoms with Gasteiger partial charge in [-0.05, 0) is 29.2 Å². The van der Waals surface area contributed by atoms with E-state index in [9.17, 15) is 4.79 Å². The lowest BCUT2D eigenvalue weighted by atomic mass is 10.2. The van der Waals surface area contributed by atoms with Crippen molar-refractivity contribution in [3.8, 4) is 0 Å². The molecule has 0 spiro atoms. The van der Waals surface area contributed by atoms with Crippen molar-refractivity contribution in [2.75, 3.05) is 5.32 Å². The molecular weight excluding hydrogens is 290 g/mol. The predicted octanol–water partition coefficient (Wildman–Crippen LogP) is 2.69. The van der Waals surface area contributed by atoms with E-state index in [0.717, 1.165) is 28.1 Å². The third kappa shape index (κ3) is 2.65. The highest BCUT2D eigenvalue weighted by molar-refractivity contribution is 9.08. The molecule has 0 aliphatic rings. The first-order valence-corrected chi connectivity index (χ1v) is 6.48. The summed E-state index contributed by atoms with van der Waals surface area (Å²) in [5.41, 5.74) is 2.21. The Morgan fingerprint density at radius 1 is 1.50 bits per heavy atom. The van der Waals surface area contributed by atoms with E-state index in [1.807, 2.05) is 24.3 Å². The van der Waals surface area contributed by atoms with E-state index in [-0.39, 0.29) is 5.91 Å². The average molecular weight is 298 g/mol. The van der Waals surface area contributed by atoms with Crippen molar-refractivity contribution in [1.82, 2.24) is 9.59 Å². The van der Waals surface area contributed by atoms with Gasteiger partial charge in [0.25, 0.3) is 5.91 Å². The fourth-order valence-electron chi connectivity index (χ4n) is 1.19. The molecule has 0 unspecified atom stereocenters. The number of carbonyl (C=O) groups is 1. The van der Waals surface area contributed by atoms with Crippen molar-refractivity contribution >= 4 is 39.1 Å². The first kappa shape index (κ1) is 11.2. The topological polar surface area (TPSA) is 54.9 Å². The lowest BCUT2D eigenvalue weighted by Gasteiger charge is -2.04. The van der Waals surface area contributed by atoms with Crippen LogP contribution in [0.4, 0.5) is 5.69 Å². The number of hydrogen-bond donors (Lipinski definition) is 1. The van der Waals surface area contributed by atoms with Gasteiger partial charge in [-0.25, -0.2) is 0 Å². The van der Waals surface area contributed by atoms with Gasteiger partial charge in [0.1, 0.15) is 0 Å². The molecule has 2 rings (SSSR count). The maximum absolute atomic E-state index is 11.7. The Balaban J connectivity index is 2.12. The summed E-state index contributed by atoms with van der Waals surface area (Å²) in [6.07, 6.45) is 0. The molecule has 0 saturated carbocycles. The van der Waals surface area contributed by atoms with Crippen molar-refractivity contribution in [3.63, 3.8) is 0 Å². The number of aromatic nitrogens is 2. The molecular formula is C10H8BrN3OS. The Hall–Kier alpha value is -1.27. The molecule has 0 atom stereocenters. The molecule has 6 heteroatoms. The Bertz CT molecular complexity index is 487. The van der Waals surface area contributed by atoms with Crippen molar-refractivity contribution in [2.45, 2.75) is 5.33 Å². The molecule has 0 aliphatic carbocycles. The van der Waals surface area contributed by atoms with E-state index in [0.29, 0.717) is 5.69 Å². The predicted molar refractivity (Wildman–Crippen MR) is 66.9 cm³/mol. The zero-order valence-electron chi connectivity index (χ0n) is 8.18. The third-order valence-corrected chi connectivity index (χ3v) is 3.08. The summed E-state index contributed by atoms with van der Waals surface area (Å²) in [7, 11) is 0. The van der Waals surface area contributed by atoms with Crippen LogP contribution in [0.15, 0.2) is 29.6 Å². The molecule has 1 aromatic carbocycles. The van der Waals surface area contributed by atoms with Crippen molar-refractivity contribution in [3.05, 3.63) is 40.9 Å². The summed E-state index contributed by atoms with van der Waals surface area (Å²) in [5.74, 6) is -0.236. The third-order valence-electron chi connectivity index (χ3n) is 1.93. The van der Waals surface area contributed by atoms with E-state index in [1.165, 1.54) is 0 Å². The summed E-state index contributed by atoms with van der Waals surface area (Å²) >= 11 is 4.52. The molecule has 0 aliphatic heterocycles. The Labute approximate surface area is 105 Å². The minimum atomic E-state index is -0.236. The minimum absolute atomic E-state index is 0.236. The normalized spacial score (nSPS) is 10.1. The van der Waals surface area contributed by atoms with Gasteiger partial charge in [-0.3, -0.25) is 4.79 Å². The second-order valence-corrected chi connectivity index (χ2v) is 4.25. The van der Waals surface area contributed by atoms with Gasteiger partial charge in [-0.15, -0.1) is 5.10 Å². The number of benzene rings is 1. The lowest BCUT2D eigenvalue weighted by Crippen LogP contribution is -2.12. The second-order valence-electron chi connectivity index (χ2n) is 3.08. The van der Waals surface area contributed by atoms with Crippen LogP contribution in [0.5, 0.6) is 0 Å². The number of amides is 1. The fraction of sp³-hybridized carbons (Fsp3) is 0.100. The average Bonchev–Trinajstić information content (AvgIpc) is 2.83. The van der Waals surface area contributed by atoms with Crippen LogP contribution in [0.3, 0.4) is 0 Å². The molecule has 16 heavy (non-hydrogen) atoms. The SMILES string of the molecule is O=C(Nc1cccc(CBr)c1)c1csnn1. The summed E-state index contributed by atoms with van der Waals surface area (Å²) in [4.78, 5) is 11.7. The van der Waals surface area contributed by atoms with Crippen LogP contribution in [0.2, 0.25) is 0 Å². The second kappa shape index (κ2) is 5.18. The number of halogens is 1. The van der Waals surface area contributed by atoms with Crippen LogP contribution < -0.4 is 5.32 Å². The molecule has 82 valence electrons. The van der Waals surface area contributed by atoms with Crippen LogP contribution in [0.1, 0.15) is 16.1 Å². The van der Waals surface area contributed by atoms with E-state index < -0.39 is 0 Å². The number of carbonyl (C=O) groups excluding carboxylic acids is 1. The number of nitrogens with one attached hydrogen (secondary N) is 1. The smallest absolute Gasteiger partial charge is 0.277 e. The molecule has 0 saturated heterocycles. The Morgan fingerprint density at radius 3 is 3.06 bits per heavy atom. The molecule has 2 aromatic rings. The molecule has 0 radical (unpaired) electrons. The van der Waals surface area contributed by atoms with Crippen LogP contribution in [-0.2, 0) is 5.33 Å². The molecule has 4 nitrogen and oxygen atoms in total. The monoisotopic (exact) mass is 297 g/mol. The fourth-order valence-corrected chi connectivity index (χ4v) is 1.98. The highest BCUT2D eigenvalue weighted by Crippen LogP contribution is 2.14. The summed E-state index contributed by atoms with van der Waals surface area (Å²) < 4.78 is 3.64. The summed E-state index contributed by atoms with van der Waals surface area (Å²) in [5, 5.41) is 8.84. The first-order valence-electron chi connectivity index (χ1n) is 4.53. The van der Waals surface area contributed by atoms with Crippen molar-refractivity contribution < 1.29 is 4.79 Å². The summed E-state index contributed by atoms with van der Waals surface area (Å²) in [6, 6.07) is 7.62.